The maximum atomic E-state index is 11.8. The van der Waals surface area contributed by atoms with Crippen LogP contribution >= 0.6 is 46.4 Å². The molecule has 1 amide bonds. The highest BCUT2D eigenvalue weighted by Gasteiger charge is 2.10. The summed E-state index contributed by atoms with van der Waals surface area (Å²) >= 11 is 23.7. The van der Waals surface area contributed by atoms with Crippen molar-refractivity contribution in [2.45, 2.75) is 0 Å². The van der Waals surface area contributed by atoms with Crippen LogP contribution in [0.15, 0.2) is 35.4 Å². The molecule has 0 atom stereocenters. The van der Waals surface area contributed by atoms with Gasteiger partial charge in [-0.05, 0) is 29.8 Å². The number of carbonyl (C=O) groups is 2. The fourth-order valence-corrected chi connectivity index (χ4v) is 2.73. The van der Waals surface area contributed by atoms with Crippen molar-refractivity contribution in [3.63, 3.8) is 0 Å². The molecule has 0 heterocycles. The molecule has 2 rings (SSSR count). The minimum absolute atomic E-state index is 0.141. The van der Waals surface area contributed by atoms with Crippen LogP contribution in [0.5, 0.6) is 11.5 Å². The van der Waals surface area contributed by atoms with E-state index in [0.717, 1.165) is 0 Å². The van der Waals surface area contributed by atoms with Crippen molar-refractivity contribution in [2.24, 2.45) is 5.10 Å². The van der Waals surface area contributed by atoms with Gasteiger partial charge in [-0.25, -0.2) is 10.2 Å². The molecule has 0 spiro atoms. The number of benzene rings is 2. The third kappa shape index (κ3) is 6.76. The van der Waals surface area contributed by atoms with E-state index in [9.17, 15) is 9.59 Å². The topological polar surface area (TPSA) is 97.2 Å². The van der Waals surface area contributed by atoms with Crippen LogP contribution in [0.25, 0.3) is 0 Å². The highest BCUT2D eigenvalue weighted by Crippen LogP contribution is 2.35. The van der Waals surface area contributed by atoms with Crippen LogP contribution in [-0.4, -0.2) is 36.4 Å². The lowest BCUT2D eigenvalue weighted by Gasteiger charge is -2.08. The third-order valence-corrected chi connectivity index (χ3v) is 4.33. The number of rotatable bonds is 8. The average molecular weight is 466 g/mol. The Balaban J connectivity index is 1.88. The van der Waals surface area contributed by atoms with E-state index >= 15 is 0 Å². The maximum absolute atomic E-state index is 11.8. The van der Waals surface area contributed by atoms with Crippen LogP contribution < -0.4 is 14.9 Å². The highest BCUT2D eigenvalue weighted by atomic mass is 35.5. The highest BCUT2D eigenvalue weighted by molar-refractivity contribution is 6.44. The Labute approximate surface area is 179 Å². The van der Waals surface area contributed by atoms with Gasteiger partial charge >= 0.3 is 5.97 Å². The number of hydrazone groups is 1. The van der Waals surface area contributed by atoms with E-state index < -0.39 is 18.5 Å². The minimum Gasteiger partial charge on any atom is -0.482 e. The molecule has 28 heavy (non-hydrogen) atoms. The fourth-order valence-electron chi connectivity index (χ4n) is 1.85. The monoisotopic (exact) mass is 464 g/mol. The van der Waals surface area contributed by atoms with Gasteiger partial charge in [0.15, 0.2) is 13.2 Å². The van der Waals surface area contributed by atoms with Gasteiger partial charge in [0.25, 0.3) is 5.91 Å². The molecular formula is C17H12Cl4N2O5. The van der Waals surface area contributed by atoms with Crippen LogP contribution in [-0.2, 0) is 9.59 Å². The lowest BCUT2D eigenvalue weighted by molar-refractivity contribution is -0.139. The summed E-state index contributed by atoms with van der Waals surface area (Å²) in [5.74, 6) is -1.28. The molecule has 0 fully saturated rings. The van der Waals surface area contributed by atoms with Gasteiger partial charge in [-0.3, -0.25) is 4.79 Å². The maximum Gasteiger partial charge on any atom is 0.341 e. The normalized spacial score (nSPS) is 10.7. The number of nitrogens with one attached hydrogen (secondary N) is 1. The van der Waals surface area contributed by atoms with Gasteiger partial charge in [-0.2, -0.15) is 5.10 Å². The van der Waals surface area contributed by atoms with Crippen LogP contribution in [0.3, 0.4) is 0 Å². The number of carbonyl (C=O) groups excluding carboxylic acids is 1. The molecule has 148 valence electrons. The second kappa shape index (κ2) is 10.4. The molecule has 11 heteroatoms. The predicted molar refractivity (Wildman–Crippen MR) is 107 cm³/mol. The van der Waals surface area contributed by atoms with E-state index in [4.69, 9.17) is 61.0 Å². The second-order valence-electron chi connectivity index (χ2n) is 5.15. The van der Waals surface area contributed by atoms with Crippen molar-refractivity contribution in [1.82, 2.24) is 5.43 Å². The Hall–Kier alpha value is -2.19. The molecule has 0 aliphatic heterocycles. The number of carboxylic acids is 1. The molecule has 0 aliphatic carbocycles. The second-order valence-corrected chi connectivity index (χ2v) is 6.78. The Morgan fingerprint density at radius 2 is 1.71 bits per heavy atom. The van der Waals surface area contributed by atoms with Crippen LogP contribution in [0.1, 0.15) is 5.56 Å². The van der Waals surface area contributed by atoms with Gasteiger partial charge in [-0.15, -0.1) is 0 Å². The molecule has 2 aromatic carbocycles. The zero-order chi connectivity index (χ0) is 20.7. The van der Waals surface area contributed by atoms with Crippen molar-refractivity contribution in [2.75, 3.05) is 13.2 Å². The van der Waals surface area contributed by atoms with Gasteiger partial charge in [-0.1, -0.05) is 46.4 Å². The number of carboxylic acid groups (broad SMARTS) is 1. The third-order valence-electron chi connectivity index (χ3n) is 3.03. The summed E-state index contributed by atoms with van der Waals surface area (Å²) in [5, 5.41) is 13.2. The molecule has 0 unspecified atom stereocenters. The fraction of sp³-hybridized carbons (Fsp3) is 0.118. The molecule has 0 bridgehead atoms. The van der Waals surface area contributed by atoms with Crippen molar-refractivity contribution in [1.29, 1.82) is 0 Å². The standard InChI is InChI=1S/C17H12Cl4N2O5/c18-10-4-12(20)17(21)14(5-10)27-7-15(24)23-22-6-9-1-2-13(11(19)3-9)28-8-16(25)26/h1-6H,7-8H2,(H,23,24)(H,25,26)/b22-6-. The summed E-state index contributed by atoms with van der Waals surface area (Å²) < 4.78 is 10.3. The van der Waals surface area contributed by atoms with Crippen molar-refractivity contribution in [3.05, 3.63) is 56.0 Å². The van der Waals surface area contributed by atoms with Crippen LogP contribution in [0.4, 0.5) is 0 Å². The quantitative estimate of drug-likeness (QED) is 0.344. The largest absolute Gasteiger partial charge is 0.482 e. The van der Waals surface area contributed by atoms with Gasteiger partial charge in [0.2, 0.25) is 0 Å². The summed E-state index contributed by atoms with van der Waals surface area (Å²) in [5.41, 5.74) is 2.82. The molecule has 0 saturated heterocycles. The average Bonchev–Trinajstić information content (AvgIpc) is 2.62. The van der Waals surface area contributed by atoms with Gasteiger partial charge < -0.3 is 14.6 Å². The number of halogens is 4. The van der Waals surface area contributed by atoms with E-state index in [2.05, 4.69) is 10.5 Å². The number of amides is 1. The molecule has 0 aromatic heterocycles. The van der Waals surface area contributed by atoms with E-state index in [-0.39, 0.29) is 33.2 Å². The first-order valence-electron chi connectivity index (χ1n) is 7.49. The SMILES string of the molecule is O=C(O)COc1ccc(/C=N\NC(=O)COc2cc(Cl)cc(Cl)c2Cl)cc1Cl. The molecule has 7 nitrogen and oxygen atoms in total. The molecule has 2 aromatic rings. The van der Waals surface area contributed by atoms with Crippen LogP contribution in [0.2, 0.25) is 20.1 Å². The summed E-state index contributed by atoms with van der Waals surface area (Å²) in [6, 6.07) is 7.46. The summed E-state index contributed by atoms with van der Waals surface area (Å²) in [6.45, 7) is -0.873. The number of ether oxygens (including phenoxy) is 2. The van der Waals surface area contributed by atoms with Gasteiger partial charge in [0, 0.05) is 11.1 Å². The number of hydrogen-bond acceptors (Lipinski definition) is 5. The Kier molecular flexibility index (Phi) is 8.19. The van der Waals surface area contributed by atoms with E-state index in [1.54, 1.807) is 6.07 Å². The Morgan fingerprint density at radius 1 is 1.00 bits per heavy atom. The van der Waals surface area contributed by atoms with Gasteiger partial charge in [0.1, 0.15) is 16.5 Å². The summed E-state index contributed by atoms with van der Waals surface area (Å²) in [4.78, 5) is 22.3. The molecule has 0 saturated carbocycles. The number of hydrogen-bond donors (Lipinski definition) is 2. The minimum atomic E-state index is -1.12. The Morgan fingerprint density at radius 3 is 2.39 bits per heavy atom. The van der Waals surface area contributed by atoms with Crippen molar-refractivity contribution >= 4 is 64.5 Å². The number of aliphatic carboxylic acids is 1. The first kappa shape index (κ1) is 22.1. The lowest BCUT2D eigenvalue weighted by atomic mass is 10.2. The van der Waals surface area contributed by atoms with Gasteiger partial charge in [0.05, 0.1) is 16.3 Å². The zero-order valence-corrected chi connectivity index (χ0v) is 16.9. The molecule has 2 N–H and O–H groups in total. The zero-order valence-electron chi connectivity index (χ0n) is 13.9. The molecule has 0 radical (unpaired) electrons. The number of nitrogens with zero attached hydrogens (tertiary/aromatic N) is 1. The smallest absolute Gasteiger partial charge is 0.341 e. The van der Waals surface area contributed by atoms with E-state index in [1.807, 2.05) is 0 Å². The Bertz CT molecular complexity index is 921. The van der Waals surface area contributed by atoms with E-state index in [1.165, 1.54) is 30.5 Å². The predicted octanol–water partition coefficient (Wildman–Crippen LogP) is 4.29. The lowest BCUT2D eigenvalue weighted by Crippen LogP contribution is -2.24. The summed E-state index contributed by atoms with van der Waals surface area (Å²) in [6.07, 6.45) is 1.34. The molecule has 0 aliphatic rings. The van der Waals surface area contributed by atoms with Crippen molar-refractivity contribution < 1.29 is 24.2 Å². The molecular weight excluding hydrogens is 454 g/mol. The van der Waals surface area contributed by atoms with Crippen molar-refractivity contribution in [3.8, 4) is 11.5 Å². The summed E-state index contributed by atoms with van der Waals surface area (Å²) in [7, 11) is 0. The van der Waals surface area contributed by atoms with Crippen LogP contribution in [0, 0.1) is 0 Å². The van der Waals surface area contributed by atoms with E-state index in [0.29, 0.717) is 10.6 Å². The first-order chi connectivity index (χ1) is 13.3. The first-order valence-corrected chi connectivity index (χ1v) is 9.01.